The fraction of sp³-hybridized carbons (Fsp3) is 0.278. The first-order valence-electron chi connectivity index (χ1n) is 8.08. The van der Waals surface area contributed by atoms with Crippen LogP contribution in [0.2, 0.25) is 0 Å². The molecule has 0 aliphatic heterocycles. The van der Waals surface area contributed by atoms with Crippen molar-refractivity contribution in [1.29, 1.82) is 0 Å². The van der Waals surface area contributed by atoms with E-state index in [9.17, 15) is 0 Å². The summed E-state index contributed by atoms with van der Waals surface area (Å²) in [6, 6.07) is 15.9. The van der Waals surface area contributed by atoms with Gasteiger partial charge in [-0.05, 0) is 53.6 Å². The summed E-state index contributed by atoms with van der Waals surface area (Å²) in [6.45, 7) is 2.56. The molecule has 0 N–H and O–H groups in total. The summed E-state index contributed by atoms with van der Waals surface area (Å²) < 4.78 is 12.6. The molecular weight excluding hydrogens is 336 g/mol. The molecule has 0 unspecified atom stereocenters. The number of tetrazole rings is 1. The van der Waals surface area contributed by atoms with Gasteiger partial charge in [0.25, 0.3) is 0 Å². The fourth-order valence-corrected chi connectivity index (χ4v) is 3.25. The Labute approximate surface area is 151 Å². The molecule has 1 heterocycles. The third-order valence-electron chi connectivity index (χ3n) is 3.62. The molecule has 0 aliphatic rings. The van der Waals surface area contributed by atoms with Gasteiger partial charge >= 0.3 is 0 Å². The van der Waals surface area contributed by atoms with Crippen LogP contribution in [0.1, 0.15) is 12.5 Å². The van der Waals surface area contributed by atoms with E-state index in [0.717, 1.165) is 34.5 Å². The monoisotopic (exact) mass is 356 g/mol. The van der Waals surface area contributed by atoms with Crippen LogP contribution < -0.4 is 9.47 Å². The summed E-state index contributed by atoms with van der Waals surface area (Å²) >= 11 is 1.62. The standard InChI is InChI=1S/C18H20N4O2S/c1-3-24-17-7-5-4-6-16(17)22-18(19-20-21-22)25-13-12-14-8-10-15(23-2)11-9-14/h4-11H,3,12-13H2,1-2H3. The number of rotatable bonds is 8. The quantitative estimate of drug-likeness (QED) is 0.577. The summed E-state index contributed by atoms with van der Waals surface area (Å²) in [5.74, 6) is 2.52. The Morgan fingerprint density at radius 3 is 2.64 bits per heavy atom. The van der Waals surface area contributed by atoms with Gasteiger partial charge in [0.2, 0.25) is 5.16 Å². The lowest BCUT2D eigenvalue weighted by atomic mass is 10.2. The molecule has 1 aromatic heterocycles. The van der Waals surface area contributed by atoms with Gasteiger partial charge in [0.15, 0.2) is 0 Å². The van der Waals surface area contributed by atoms with Crippen molar-refractivity contribution in [3.05, 3.63) is 54.1 Å². The van der Waals surface area contributed by atoms with Crippen LogP contribution >= 0.6 is 11.8 Å². The predicted molar refractivity (Wildman–Crippen MR) is 97.7 cm³/mol. The minimum absolute atomic E-state index is 0.596. The molecule has 0 radical (unpaired) electrons. The van der Waals surface area contributed by atoms with Crippen molar-refractivity contribution >= 4 is 11.8 Å². The van der Waals surface area contributed by atoms with Crippen molar-refractivity contribution in [3.8, 4) is 17.2 Å². The molecule has 0 spiro atoms. The van der Waals surface area contributed by atoms with Crippen LogP contribution in [0.3, 0.4) is 0 Å². The van der Waals surface area contributed by atoms with Crippen LogP contribution in [0.25, 0.3) is 5.69 Å². The minimum atomic E-state index is 0.596. The molecule has 0 amide bonds. The molecule has 6 nitrogen and oxygen atoms in total. The third-order valence-corrected chi connectivity index (χ3v) is 4.54. The Morgan fingerprint density at radius 1 is 1.08 bits per heavy atom. The van der Waals surface area contributed by atoms with Gasteiger partial charge in [-0.3, -0.25) is 0 Å². The Hall–Kier alpha value is -2.54. The second-order valence-corrected chi connectivity index (χ2v) is 6.28. The van der Waals surface area contributed by atoms with Crippen molar-refractivity contribution < 1.29 is 9.47 Å². The molecule has 0 aliphatic carbocycles. The first-order chi connectivity index (χ1) is 12.3. The van der Waals surface area contributed by atoms with Gasteiger partial charge in [-0.1, -0.05) is 36.0 Å². The van der Waals surface area contributed by atoms with E-state index in [1.807, 2.05) is 43.3 Å². The molecule has 3 rings (SSSR count). The lowest BCUT2D eigenvalue weighted by molar-refractivity contribution is 0.337. The van der Waals surface area contributed by atoms with E-state index >= 15 is 0 Å². The number of methoxy groups -OCH3 is 1. The number of aryl methyl sites for hydroxylation is 1. The fourth-order valence-electron chi connectivity index (χ4n) is 2.38. The number of benzene rings is 2. The number of para-hydroxylation sites is 2. The average Bonchev–Trinajstić information content (AvgIpc) is 3.11. The zero-order valence-electron chi connectivity index (χ0n) is 14.3. The van der Waals surface area contributed by atoms with Crippen LogP contribution in [-0.4, -0.2) is 39.7 Å². The number of hydrogen-bond donors (Lipinski definition) is 0. The second-order valence-electron chi connectivity index (χ2n) is 5.22. The van der Waals surface area contributed by atoms with Gasteiger partial charge in [-0.15, -0.1) is 5.10 Å². The number of nitrogens with zero attached hydrogens (tertiary/aromatic N) is 4. The topological polar surface area (TPSA) is 62.1 Å². The van der Waals surface area contributed by atoms with E-state index in [1.54, 1.807) is 23.6 Å². The molecule has 130 valence electrons. The van der Waals surface area contributed by atoms with E-state index in [0.29, 0.717) is 6.61 Å². The van der Waals surface area contributed by atoms with Crippen LogP contribution in [0.5, 0.6) is 11.5 Å². The van der Waals surface area contributed by atoms with E-state index in [2.05, 4.69) is 27.7 Å². The lowest BCUT2D eigenvalue weighted by Gasteiger charge is -2.10. The SMILES string of the molecule is CCOc1ccccc1-n1nnnc1SCCc1ccc(OC)cc1. The van der Waals surface area contributed by atoms with Crippen molar-refractivity contribution in [3.63, 3.8) is 0 Å². The van der Waals surface area contributed by atoms with E-state index in [1.165, 1.54) is 5.56 Å². The highest BCUT2D eigenvalue weighted by molar-refractivity contribution is 7.99. The highest BCUT2D eigenvalue weighted by Gasteiger charge is 2.13. The van der Waals surface area contributed by atoms with Crippen molar-refractivity contribution in [2.45, 2.75) is 18.5 Å². The summed E-state index contributed by atoms with van der Waals surface area (Å²) in [7, 11) is 1.67. The summed E-state index contributed by atoms with van der Waals surface area (Å²) in [4.78, 5) is 0. The van der Waals surface area contributed by atoms with Crippen molar-refractivity contribution in [2.75, 3.05) is 19.5 Å². The van der Waals surface area contributed by atoms with E-state index in [4.69, 9.17) is 9.47 Å². The molecule has 3 aromatic rings. The number of ether oxygens (including phenoxy) is 2. The zero-order valence-corrected chi connectivity index (χ0v) is 15.1. The van der Waals surface area contributed by atoms with Crippen molar-refractivity contribution in [1.82, 2.24) is 20.2 Å². The van der Waals surface area contributed by atoms with Crippen LogP contribution in [0.4, 0.5) is 0 Å². The Morgan fingerprint density at radius 2 is 1.88 bits per heavy atom. The molecule has 0 bridgehead atoms. The zero-order chi connectivity index (χ0) is 17.5. The minimum Gasteiger partial charge on any atom is -0.497 e. The van der Waals surface area contributed by atoms with Gasteiger partial charge in [-0.2, -0.15) is 4.68 Å². The Kier molecular flexibility index (Phi) is 5.90. The highest BCUT2D eigenvalue weighted by Crippen LogP contribution is 2.26. The molecule has 0 saturated carbocycles. The largest absolute Gasteiger partial charge is 0.497 e. The maximum Gasteiger partial charge on any atom is 0.214 e. The molecule has 0 saturated heterocycles. The van der Waals surface area contributed by atoms with Crippen LogP contribution in [0, 0.1) is 0 Å². The highest BCUT2D eigenvalue weighted by atomic mass is 32.2. The average molecular weight is 356 g/mol. The summed E-state index contributed by atoms with van der Waals surface area (Å²) in [6.07, 6.45) is 0.925. The lowest BCUT2D eigenvalue weighted by Crippen LogP contribution is -2.04. The molecule has 2 aromatic carbocycles. The first-order valence-corrected chi connectivity index (χ1v) is 9.06. The molecule has 0 fully saturated rings. The second kappa shape index (κ2) is 8.53. The Bertz CT molecular complexity index is 805. The Balaban J connectivity index is 1.68. The maximum atomic E-state index is 5.67. The molecule has 25 heavy (non-hydrogen) atoms. The number of thioether (sulfide) groups is 1. The molecule has 0 atom stereocenters. The van der Waals surface area contributed by atoms with E-state index in [-0.39, 0.29) is 0 Å². The first kappa shape index (κ1) is 17.3. The smallest absolute Gasteiger partial charge is 0.214 e. The van der Waals surface area contributed by atoms with E-state index < -0.39 is 0 Å². The van der Waals surface area contributed by atoms with Crippen LogP contribution in [0.15, 0.2) is 53.7 Å². The van der Waals surface area contributed by atoms with Gasteiger partial charge in [0, 0.05) is 5.75 Å². The summed E-state index contributed by atoms with van der Waals surface area (Å²) in [5.41, 5.74) is 2.10. The molecular formula is C18H20N4O2S. The normalized spacial score (nSPS) is 10.6. The van der Waals surface area contributed by atoms with Crippen LogP contribution in [-0.2, 0) is 6.42 Å². The summed E-state index contributed by atoms with van der Waals surface area (Å²) in [5, 5.41) is 12.8. The number of aromatic nitrogens is 4. The van der Waals surface area contributed by atoms with Crippen molar-refractivity contribution in [2.24, 2.45) is 0 Å². The maximum absolute atomic E-state index is 5.67. The predicted octanol–water partition coefficient (Wildman–Crippen LogP) is 3.40. The molecule has 7 heteroatoms. The third kappa shape index (κ3) is 4.30. The van der Waals surface area contributed by atoms with Gasteiger partial charge in [0.05, 0.1) is 13.7 Å². The van der Waals surface area contributed by atoms with Gasteiger partial charge in [0.1, 0.15) is 17.2 Å². The number of hydrogen-bond acceptors (Lipinski definition) is 6. The van der Waals surface area contributed by atoms with Gasteiger partial charge in [-0.25, -0.2) is 0 Å². The van der Waals surface area contributed by atoms with Gasteiger partial charge < -0.3 is 9.47 Å².